The summed E-state index contributed by atoms with van der Waals surface area (Å²) in [4.78, 5) is 0. The summed E-state index contributed by atoms with van der Waals surface area (Å²) in [7, 11) is 0. The maximum Gasteiger partial charge on any atom is 0 e. The van der Waals surface area contributed by atoms with Crippen molar-refractivity contribution in [3.8, 4) is 0 Å². The summed E-state index contributed by atoms with van der Waals surface area (Å²) in [5.74, 6) is 0. The molecule has 23 radical (unpaired) electrons. The average Bonchev–Trinajstić information content (AvgIpc) is 0. The minimum Gasteiger partial charge on any atom is 0 e. The van der Waals surface area contributed by atoms with E-state index in [0.717, 1.165) is 0 Å². The van der Waals surface area contributed by atoms with E-state index in [1.165, 1.54) is 0 Å². The van der Waals surface area contributed by atoms with Gasteiger partial charge in [-0.1, -0.05) is 0 Å². The molecule has 0 aromatic carbocycles. The van der Waals surface area contributed by atoms with E-state index in [1.807, 2.05) is 0 Å². The molecule has 0 saturated carbocycles. The van der Waals surface area contributed by atoms with Gasteiger partial charge >= 0.3 is 0 Å². The van der Waals surface area contributed by atoms with Crippen molar-refractivity contribution in [2.24, 2.45) is 0 Å². The molecule has 65 valence electrons. The van der Waals surface area contributed by atoms with Crippen LogP contribution in [-0.2, 0) is 119 Å². The van der Waals surface area contributed by atoms with E-state index in [0.29, 0.717) is 0 Å². The fourth-order valence-electron chi connectivity index (χ4n) is 0. The number of rotatable bonds is 0. The Morgan fingerprint density at radius 1 is 0.182 bits per heavy atom. The second kappa shape index (κ2) is 90.4. The quantitative estimate of drug-likeness (QED) is 0.260. The van der Waals surface area contributed by atoms with Gasteiger partial charge < -0.3 is 0 Å². The van der Waals surface area contributed by atoms with Crippen LogP contribution in [-0.4, -0.2) is 95.6 Å². The normalized spacial score (nSPS) is 0. The van der Waals surface area contributed by atoms with Crippen LogP contribution in [0.25, 0.3) is 0 Å². The third-order valence-electron chi connectivity index (χ3n) is 0. The van der Waals surface area contributed by atoms with Gasteiger partial charge in [0.15, 0.2) is 0 Å². The van der Waals surface area contributed by atoms with Gasteiger partial charge in [0, 0.05) is 215 Å². The molecule has 0 N–H and O–H groups in total. The molecular formula is Mn7Sn4. The molecule has 11 heteroatoms. The van der Waals surface area contributed by atoms with Gasteiger partial charge in [-0.25, -0.2) is 0 Å². The fourth-order valence-corrected chi connectivity index (χ4v) is 0. The Bertz CT molecular complexity index is 10.4. The van der Waals surface area contributed by atoms with Crippen LogP contribution in [0, 0.1) is 0 Å². The molecule has 0 heterocycles. The number of hydrogen-bond donors (Lipinski definition) is 0. The Hall–Kier alpha value is 6.83. The van der Waals surface area contributed by atoms with E-state index in [4.69, 9.17) is 0 Å². The summed E-state index contributed by atoms with van der Waals surface area (Å²) in [5, 5.41) is 0. The van der Waals surface area contributed by atoms with Gasteiger partial charge in [0.25, 0.3) is 0 Å². The van der Waals surface area contributed by atoms with Crippen molar-refractivity contribution in [3.63, 3.8) is 0 Å². The maximum absolute atomic E-state index is 0. The van der Waals surface area contributed by atoms with Gasteiger partial charge in [0.05, 0.1) is 0 Å². The Balaban J connectivity index is 0. The average molecular weight is 859 g/mol. The van der Waals surface area contributed by atoms with E-state index >= 15 is 0 Å². The molecule has 0 spiro atoms. The first-order valence-electron chi connectivity index (χ1n) is 0. The van der Waals surface area contributed by atoms with Crippen molar-refractivity contribution in [1.82, 2.24) is 0 Å². The first-order valence-corrected chi connectivity index (χ1v) is 0. The molecule has 0 saturated heterocycles. The summed E-state index contributed by atoms with van der Waals surface area (Å²) in [5.41, 5.74) is 0. The Morgan fingerprint density at radius 3 is 0.182 bits per heavy atom. The van der Waals surface area contributed by atoms with Crippen LogP contribution in [0.1, 0.15) is 0 Å². The smallest absolute Gasteiger partial charge is 0 e. The summed E-state index contributed by atoms with van der Waals surface area (Å²) >= 11 is 0. The standard InChI is InChI=1S/7Mn.4Sn. The van der Waals surface area contributed by atoms with Crippen molar-refractivity contribution in [1.29, 1.82) is 0 Å². The molecule has 0 aromatic heterocycles. The first-order chi connectivity index (χ1) is 0. The molecule has 0 fully saturated rings. The van der Waals surface area contributed by atoms with E-state index in [-0.39, 0.29) is 215 Å². The minimum atomic E-state index is 0. The third-order valence-corrected chi connectivity index (χ3v) is 0. The Kier molecular flexibility index (Phi) is 890. The minimum absolute atomic E-state index is 0. The van der Waals surface area contributed by atoms with Crippen molar-refractivity contribution >= 4 is 95.6 Å². The molecule has 0 aliphatic rings. The van der Waals surface area contributed by atoms with Gasteiger partial charge in [-0.3, -0.25) is 0 Å². The SMILES string of the molecule is [Mn].[Mn].[Mn].[Mn].[Mn].[Mn].[Mn].[Sn].[Sn].[Sn].[Sn]. The van der Waals surface area contributed by atoms with Crippen molar-refractivity contribution < 1.29 is 119 Å². The first kappa shape index (κ1) is 108. The molecule has 11 heavy (non-hydrogen) atoms. The Morgan fingerprint density at radius 2 is 0.182 bits per heavy atom. The maximum atomic E-state index is 0. The second-order valence-corrected chi connectivity index (χ2v) is 0. The summed E-state index contributed by atoms with van der Waals surface area (Å²) in [6, 6.07) is 0. The predicted octanol–water partition coefficient (Wildman–Crippen LogP) is -1.54. The number of hydrogen-bond acceptors (Lipinski definition) is 0. The van der Waals surface area contributed by atoms with Gasteiger partial charge in [0.1, 0.15) is 0 Å². The molecule has 0 nitrogen and oxygen atoms in total. The summed E-state index contributed by atoms with van der Waals surface area (Å²) < 4.78 is 0. The zero-order valence-electron chi connectivity index (χ0n) is 4.65. The van der Waals surface area contributed by atoms with E-state index in [1.54, 1.807) is 0 Å². The van der Waals surface area contributed by atoms with E-state index in [2.05, 4.69) is 0 Å². The molecule has 0 amide bonds. The van der Waals surface area contributed by atoms with Crippen LogP contribution in [0.15, 0.2) is 0 Å². The molecule has 0 aromatic rings. The van der Waals surface area contributed by atoms with Crippen LogP contribution in [0.2, 0.25) is 0 Å². The van der Waals surface area contributed by atoms with Crippen LogP contribution in [0.3, 0.4) is 0 Å². The molecular weight excluding hydrogens is 859 g/mol. The molecule has 0 bridgehead atoms. The molecule has 0 rings (SSSR count). The van der Waals surface area contributed by atoms with Crippen molar-refractivity contribution in [2.45, 2.75) is 0 Å². The molecule has 0 aliphatic carbocycles. The fraction of sp³-hybridized carbons (Fsp3) is 0. The monoisotopic (exact) mass is 864 g/mol. The second-order valence-electron chi connectivity index (χ2n) is 0. The zero-order chi connectivity index (χ0) is 0. The van der Waals surface area contributed by atoms with Gasteiger partial charge in [-0.2, -0.15) is 0 Å². The molecule has 0 unspecified atom stereocenters. The van der Waals surface area contributed by atoms with Crippen LogP contribution in [0.5, 0.6) is 0 Å². The summed E-state index contributed by atoms with van der Waals surface area (Å²) in [6.07, 6.45) is 0. The van der Waals surface area contributed by atoms with Gasteiger partial charge in [0.2, 0.25) is 0 Å². The van der Waals surface area contributed by atoms with Crippen LogP contribution in [0.4, 0.5) is 0 Å². The predicted molar refractivity (Wildman–Crippen MR) is 23.0 cm³/mol. The van der Waals surface area contributed by atoms with Crippen LogP contribution < -0.4 is 0 Å². The molecule has 0 atom stereocenters. The van der Waals surface area contributed by atoms with Crippen LogP contribution >= 0.6 is 0 Å². The van der Waals surface area contributed by atoms with E-state index in [9.17, 15) is 0 Å². The summed E-state index contributed by atoms with van der Waals surface area (Å²) in [6.45, 7) is 0. The molecule has 0 aliphatic heterocycles. The van der Waals surface area contributed by atoms with Gasteiger partial charge in [-0.05, 0) is 0 Å². The van der Waals surface area contributed by atoms with Crippen molar-refractivity contribution in [2.75, 3.05) is 0 Å². The third kappa shape index (κ3) is 79.3. The van der Waals surface area contributed by atoms with Gasteiger partial charge in [-0.15, -0.1) is 0 Å². The largest absolute Gasteiger partial charge is 0 e. The van der Waals surface area contributed by atoms with E-state index < -0.39 is 0 Å². The van der Waals surface area contributed by atoms with Crippen molar-refractivity contribution in [3.05, 3.63) is 0 Å². The topological polar surface area (TPSA) is 0 Å². The zero-order valence-corrected chi connectivity index (χ0v) is 24.3. The Labute approximate surface area is 210 Å².